The third-order valence-electron chi connectivity index (χ3n) is 2.49. The van der Waals surface area contributed by atoms with E-state index < -0.39 is 4.92 Å². The van der Waals surface area contributed by atoms with Crippen LogP contribution in [0.15, 0.2) is 39.4 Å². The zero-order chi connectivity index (χ0) is 14.7. The Morgan fingerprint density at radius 3 is 2.75 bits per heavy atom. The molecular weight excluding hydrogens is 413 g/mol. The Bertz CT molecular complexity index is 667. The number of hydrogen-bond acceptors (Lipinski definition) is 4. The van der Waals surface area contributed by atoms with Crippen molar-refractivity contribution in [1.82, 2.24) is 4.98 Å². The van der Waals surface area contributed by atoms with Gasteiger partial charge in [0.25, 0.3) is 5.69 Å². The highest BCUT2D eigenvalue weighted by Crippen LogP contribution is 2.28. The number of nitrogens with zero attached hydrogens (tertiary/aromatic N) is 2. The van der Waals surface area contributed by atoms with E-state index in [0.717, 1.165) is 14.6 Å². The zero-order valence-electron chi connectivity index (χ0n) is 9.94. The zero-order valence-corrected chi connectivity index (χ0v) is 13.9. The molecule has 104 valence electrons. The number of rotatable bonds is 4. The van der Waals surface area contributed by atoms with E-state index in [-0.39, 0.29) is 5.69 Å². The molecule has 0 spiro atoms. The summed E-state index contributed by atoms with van der Waals surface area (Å²) in [5, 5.41) is 14.3. The Balaban J connectivity index is 2.20. The van der Waals surface area contributed by atoms with Gasteiger partial charge in [0.1, 0.15) is 5.69 Å². The molecule has 1 heterocycles. The van der Waals surface area contributed by atoms with Crippen molar-refractivity contribution >= 4 is 54.8 Å². The van der Waals surface area contributed by atoms with Crippen LogP contribution in [0.2, 0.25) is 5.02 Å². The van der Waals surface area contributed by atoms with Gasteiger partial charge in [-0.3, -0.25) is 15.1 Å². The minimum atomic E-state index is -0.474. The topological polar surface area (TPSA) is 68.1 Å². The third-order valence-corrected chi connectivity index (χ3v) is 3.84. The third kappa shape index (κ3) is 3.68. The van der Waals surface area contributed by atoms with E-state index in [9.17, 15) is 10.1 Å². The first-order valence-electron chi connectivity index (χ1n) is 5.45. The van der Waals surface area contributed by atoms with E-state index in [1.165, 1.54) is 6.07 Å². The first-order chi connectivity index (χ1) is 9.47. The summed E-state index contributed by atoms with van der Waals surface area (Å²) in [5.41, 5.74) is 1.08. The summed E-state index contributed by atoms with van der Waals surface area (Å²) < 4.78 is 1.67. The predicted molar refractivity (Wildman–Crippen MR) is 85.1 cm³/mol. The van der Waals surface area contributed by atoms with Gasteiger partial charge in [-0.25, -0.2) is 0 Å². The van der Waals surface area contributed by atoms with E-state index in [1.807, 2.05) is 6.07 Å². The molecule has 0 radical (unpaired) electrons. The first-order valence-corrected chi connectivity index (χ1v) is 7.41. The molecule has 20 heavy (non-hydrogen) atoms. The Labute approximate surface area is 136 Å². The van der Waals surface area contributed by atoms with Crippen molar-refractivity contribution in [1.29, 1.82) is 0 Å². The molecule has 1 aromatic heterocycles. The van der Waals surface area contributed by atoms with Crippen LogP contribution in [0.3, 0.4) is 0 Å². The van der Waals surface area contributed by atoms with Crippen molar-refractivity contribution in [3.05, 3.63) is 60.2 Å². The Hall–Kier alpha value is -1.18. The van der Waals surface area contributed by atoms with Gasteiger partial charge in [0.15, 0.2) is 0 Å². The quantitative estimate of drug-likeness (QED) is 0.570. The van der Waals surface area contributed by atoms with Crippen LogP contribution in [0.1, 0.15) is 5.69 Å². The van der Waals surface area contributed by atoms with E-state index in [4.69, 9.17) is 11.6 Å². The summed E-state index contributed by atoms with van der Waals surface area (Å²) in [5.74, 6) is 0. The van der Waals surface area contributed by atoms with Crippen molar-refractivity contribution in [2.24, 2.45) is 0 Å². The molecule has 8 heteroatoms. The van der Waals surface area contributed by atoms with Gasteiger partial charge in [-0.2, -0.15) is 0 Å². The number of hydrogen-bond donors (Lipinski definition) is 1. The van der Waals surface area contributed by atoms with Crippen molar-refractivity contribution in [2.75, 3.05) is 5.32 Å². The number of halogens is 3. The summed E-state index contributed by atoms with van der Waals surface area (Å²) in [4.78, 5) is 14.7. The van der Waals surface area contributed by atoms with Gasteiger partial charge in [0.05, 0.1) is 17.2 Å². The second kappa shape index (κ2) is 6.51. The highest BCUT2D eigenvalue weighted by molar-refractivity contribution is 9.11. The van der Waals surface area contributed by atoms with Crippen LogP contribution in [0.4, 0.5) is 11.4 Å². The molecule has 0 unspecified atom stereocenters. The lowest BCUT2D eigenvalue weighted by Crippen LogP contribution is -2.04. The van der Waals surface area contributed by atoms with Crippen molar-refractivity contribution in [3.8, 4) is 0 Å². The lowest BCUT2D eigenvalue weighted by molar-refractivity contribution is -0.383. The van der Waals surface area contributed by atoms with Crippen LogP contribution in [-0.4, -0.2) is 9.91 Å². The van der Waals surface area contributed by atoms with E-state index in [0.29, 0.717) is 17.3 Å². The molecule has 0 saturated carbocycles. The fourth-order valence-corrected chi connectivity index (χ4v) is 2.85. The fourth-order valence-electron chi connectivity index (χ4n) is 1.56. The van der Waals surface area contributed by atoms with Gasteiger partial charge < -0.3 is 5.32 Å². The maximum Gasteiger partial charge on any atom is 0.293 e. The molecule has 1 N–H and O–H groups in total. The minimum Gasteiger partial charge on any atom is -0.374 e. The van der Waals surface area contributed by atoms with Crippen LogP contribution in [0, 0.1) is 10.1 Å². The molecule has 5 nitrogen and oxygen atoms in total. The van der Waals surface area contributed by atoms with Gasteiger partial charge in [-0.05, 0) is 50.1 Å². The highest BCUT2D eigenvalue weighted by Gasteiger charge is 2.14. The fraction of sp³-hybridized carbons (Fsp3) is 0.0833. The number of pyridine rings is 1. The summed E-state index contributed by atoms with van der Waals surface area (Å²) in [7, 11) is 0. The molecule has 0 atom stereocenters. The van der Waals surface area contributed by atoms with Crippen LogP contribution < -0.4 is 5.32 Å². The minimum absolute atomic E-state index is 0.0641. The molecule has 1 aromatic carbocycles. The van der Waals surface area contributed by atoms with E-state index in [2.05, 4.69) is 42.2 Å². The first kappa shape index (κ1) is 15.2. The maximum absolute atomic E-state index is 11.0. The second-order valence-electron chi connectivity index (χ2n) is 3.85. The Morgan fingerprint density at radius 2 is 2.10 bits per heavy atom. The van der Waals surface area contributed by atoms with Crippen LogP contribution in [0.25, 0.3) is 0 Å². The summed E-state index contributed by atoms with van der Waals surface area (Å²) in [6.45, 7) is 0.357. The largest absolute Gasteiger partial charge is 0.374 e. The average molecular weight is 421 g/mol. The van der Waals surface area contributed by atoms with Gasteiger partial charge in [0.2, 0.25) is 0 Å². The Morgan fingerprint density at radius 1 is 1.35 bits per heavy atom. The van der Waals surface area contributed by atoms with Crippen molar-refractivity contribution in [3.63, 3.8) is 0 Å². The Kier molecular flexibility index (Phi) is 4.95. The highest BCUT2D eigenvalue weighted by atomic mass is 79.9. The van der Waals surface area contributed by atoms with E-state index >= 15 is 0 Å². The van der Waals surface area contributed by atoms with Gasteiger partial charge >= 0.3 is 0 Å². The molecule has 2 rings (SSSR count). The van der Waals surface area contributed by atoms with Crippen molar-refractivity contribution < 1.29 is 4.92 Å². The van der Waals surface area contributed by atoms with Gasteiger partial charge in [-0.1, -0.05) is 11.6 Å². The molecule has 0 saturated heterocycles. The molecule has 0 amide bonds. The lowest BCUT2D eigenvalue weighted by atomic mass is 10.2. The average Bonchev–Trinajstić information content (AvgIpc) is 2.38. The van der Waals surface area contributed by atoms with Crippen LogP contribution in [-0.2, 0) is 6.54 Å². The van der Waals surface area contributed by atoms with E-state index in [1.54, 1.807) is 18.3 Å². The van der Waals surface area contributed by atoms with Crippen molar-refractivity contribution in [2.45, 2.75) is 6.54 Å². The smallest absolute Gasteiger partial charge is 0.293 e. The molecule has 0 fully saturated rings. The summed E-state index contributed by atoms with van der Waals surface area (Å²) in [6, 6.07) is 6.35. The lowest BCUT2D eigenvalue weighted by Gasteiger charge is -2.08. The van der Waals surface area contributed by atoms with Crippen LogP contribution in [0.5, 0.6) is 0 Å². The second-order valence-corrected chi connectivity index (χ2v) is 6.06. The molecule has 0 bridgehead atoms. The SMILES string of the molecule is O=[N+]([O-])c1cc(Cl)ccc1NCc1ncc(Br)cc1Br. The molecule has 0 aliphatic rings. The number of nitro benzene ring substituents is 1. The molecule has 2 aromatic rings. The molecule has 0 aliphatic carbocycles. The standard InChI is InChI=1S/C12H8Br2ClN3O2/c13-7-3-9(14)11(16-5-7)6-17-10-2-1-8(15)4-12(10)18(19)20/h1-5,17H,6H2. The van der Waals surface area contributed by atoms with Gasteiger partial charge in [0, 0.05) is 26.2 Å². The number of anilines is 1. The number of aromatic nitrogens is 1. The molecule has 0 aliphatic heterocycles. The normalized spacial score (nSPS) is 10.3. The number of nitro groups is 1. The summed E-state index contributed by atoms with van der Waals surface area (Å²) >= 11 is 12.5. The van der Waals surface area contributed by atoms with Gasteiger partial charge in [-0.15, -0.1) is 0 Å². The van der Waals surface area contributed by atoms with Crippen LogP contribution >= 0.6 is 43.5 Å². The number of benzene rings is 1. The molecular formula is C12H8Br2ClN3O2. The predicted octanol–water partition coefficient (Wildman–Crippen LogP) is 4.78. The maximum atomic E-state index is 11.0. The monoisotopic (exact) mass is 419 g/mol. The number of nitrogens with one attached hydrogen (secondary N) is 1. The summed E-state index contributed by atoms with van der Waals surface area (Å²) in [6.07, 6.45) is 1.66.